The molecule has 1 aliphatic heterocycles. The van der Waals surface area contributed by atoms with Crippen LogP contribution in [0.25, 0.3) is 0 Å². The number of carbonyl (C=O) groups is 2. The molecule has 0 aromatic carbocycles. The third-order valence-corrected chi connectivity index (χ3v) is 5.03. The number of carboxylic acids is 1. The summed E-state index contributed by atoms with van der Waals surface area (Å²) in [6.07, 6.45) is 5.78. The molecule has 3 rings (SSSR count). The van der Waals surface area contributed by atoms with E-state index in [2.05, 4.69) is 10.2 Å². The molecule has 2 atom stereocenters. The van der Waals surface area contributed by atoms with Gasteiger partial charge in [-0.05, 0) is 51.4 Å². The lowest BCUT2D eigenvalue weighted by Gasteiger charge is -2.43. The van der Waals surface area contributed by atoms with E-state index in [-0.39, 0.29) is 30.7 Å². The Labute approximate surface area is 131 Å². The van der Waals surface area contributed by atoms with Gasteiger partial charge in [0.2, 0.25) is 5.91 Å². The number of carbonyl (C=O) groups excluding carboxylic acids is 1. The van der Waals surface area contributed by atoms with Gasteiger partial charge >= 0.3 is 5.97 Å². The van der Waals surface area contributed by atoms with E-state index in [0.717, 1.165) is 32.2 Å². The smallest absolute Gasteiger partial charge is 0.317 e. The van der Waals surface area contributed by atoms with Crippen molar-refractivity contribution in [2.45, 2.75) is 69.7 Å². The molecular formula is C16H26N2O4. The van der Waals surface area contributed by atoms with Gasteiger partial charge in [0.1, 0.15) is 6.10 Å². The lowest BCUT2D eigenvalue weighted by atomic mass is 9.85. The zero-order chi connectivity index (χ0) is 15.7. The number of nitrogens with zero attached hydrogens (tertiary/aromatic N) is 1. The van der Waals surface area contributed by atoms with E-state index >= 15 is 0 Å². The Bertz CT molecular complexity index is 432. The fourth-order valence-electron chi connectivity index (χ4n) is 3.44. The third kappa shape index (κ3) is 3.98. The van der Waals surface area contributed by atoms with Crippen molar-refractivity contribution >= 4 is 11.9 Å². The first-order chi connectivity index (χ1) is 10.5. The third-order valence-electron chi connectivity index (χ3n) is 5.03. The average molecular weight is 310 g/mol. The quantitative estimate of drug-likeness (QED) is 0.733. The first-order valence-corrected chi connectivity index (χ1v) is 8.43. The first kappa shape index (κ1) is 15.7. The summed E-state index contributed by atoms with van der Waals surface area (Å²) >= 11 is 0. The SMILES string of the molecule is C[C@@H]1CC[C@H](C(=O)NC2CC(N(CC(=O)O)CC3CC3)C2)O1. The molecule has 22 heavy (non-hydrogen) atoms. The molecule has 2 saturated carbocycles. The summed E-state index contributed by atoms with van der Waals surface area (Å²) in [7, 11) is 0. The Morgan fingerprint density at radius 3 is 2.50 bits per heavy atom. The number of amides is 1. The Morgan fingerprint density at radius 2 is 1.95 bits per heavy atom. The predicted octanol–water partition coefficient (Wildman–Crippen LogP) is 0.998. The highest BCUT2D eigenvalue weighted by molar-refractivity contribution is 5.81. The number of aliphatic carboxylic acids is 1. The molecule has 0 unspecified atom stereocenters. The minimum absolute atomic E-state index is 0.000206. The highest BCUT2D eigenvalue weighted by Crippen LogP contribution is 2.34. The molecule has 1 amide bonds. The Balaban J connectivity index is 1.41. The summed E-state index contributed by atoms with van der Waals surface area (Å²) in [6, 6.07) is 0.470. The maximum atomic E-state index is 12.1. The molecular weight excluding hydrogens is 284 g/mol. The molecule has 124 valence electrons. The Hall–Kier alpha value is -1.14. The van der Waals surface area contributed by atoms with Crippen molar-refractivity contribution in [2.24, 2.45) is 5.92 Å². The summed E-state index contributed by atoms with van der Waals surface area (Å²) < 4.78 is 5.58. The first-order valence-electron chi connectivity index (χ1n) is 8.43. The maximum Gasteiger partial charge on any atom is 0.317 e. The van der Waals surface area contributed by atoms with Gasteiger partial charge in [-0.3, -0.25) is 14.5 Å². The van der Waals surface area contributed by atoms with E-state index in [0.29, 0.717) is 12.0 Å². The van der Waals surface area contributed by atoms with E-state index in [1.807, 2.05) is 6.92 Å². The van der Waals surface area contributed by atoms with E-state index in [9.17, 15) is 9.59 Å². The average Bonchev–Trinajstić information content (AvgIpc) is 3.10. The lowest BCUT2D eigenvalue weighted by Crippen LogP contribution is -2.56. The van der Waals surface area contributed by atoms with Crippen LogP contribution in [0.4, 0.5) is 0 Å². The zero-order valence-corrected chi connectivity index (χ0v) is 13.2. The molecule has 3 aliphatic rings. The fraction of sp³-hybridized carbons (Fsp3) is 0.875. The number of nitrogens with one attached hydrogen (secondary N) is 1. The van der Waals surface area contributed by atoms with Crippen LogP contribution in [-0.4, -0.2) is 59.3 Å². The zero-order valence-electron chi connectivity index (χ0n) is 13.2. The number of carboxylic acid groups (broad SMARTS) is 1. The maximum absolute atomic E-state index is 12.1. The largest absolute Gasteiger partial charge is 0.480 e. The molecule has 1 heterocycles. The van der Waals surface area contributed by atoms with Crippen LogP contribution in [0.1, 0.15) is 45.4 Å². The van der Waals surface area contributed by atoms with Crippen molar-refractivity contribution in [3.8, 4) is 0 Å². The van der Waals surface area contributed by atoms with Crippen LogP contribution < -0.4 is 5.32 Å². The molecule has 1 saturated heterocycles. The van der Waals surface area contributed by atoms with E-state index < -0.39 is 5.97 Å². The van der Waals surface area contributed by atoms with Gasteiger partial charge in [-0.15, -0.1) is 0 Å². The van der Waals surface area contributed by atoms with Crippen LogP contribution in [0.15, 0.2) is 0 Å². The topological polar surface area (TPSA) is 78.9 Å². The number of ether oxygens (including phenoxy) is 1. The molecule has 3 fully saturated rings. The fourth-order valence-corrected chi connectivity index (χ4v) is 3.44. The van der Waals surface area contributed by atoms with Crippen LogP contribution in [0.3, 0.4) is 0 Å². The molecule has 2 aliphatic carbocycles. The standard InChI is InChI=1S/C16H26N2O4/c1-10-2-5-14(22-10)16(21)17-12-6-13(7-12)18(9-15(19)20)8-11-3-4-11/h10-14H,2-9H2,1H3,(H,17,21)(H,19,20)/t10-,12?,13?,14-/m1/s1. The van der Waals surface area contributed by atoms with E-state index in [1.165, 1.54) is 12.8 Å². The van der Waals surface area contributed by atoms with Gasteiger partial charge < -0.3 is 15.2 Å². The van der Waals surface area contributed by atoms with Crippen LogP contribution in [-0.2, 0) is 14.3 Å². The minimum atomic E-state index is -0.763. The molecule has 0 bridgehead atoms. The second-order valence-electron chi connectivity index (χ2n) is 7.11. The summed E-state index contributed by atoms with van der Waals surface area (Å²) in [6.45, 7) is 3.00. The molecule has 2 N–H and O–H groups in total. The summed E-state index contributed by atoms with van der Waals surface area (Å²) in [5.41, 5.74) is 0. The summed E-state index contributed by atoms with van der Waals surface area (Å²) in [4.78, 5) is 25.2. The van der Waals surface area contributed by atoms with Crippen LogP contribution in [0.5, 0.6) is 0 Å². The van der Waals surface area contributed by atoms with Gasteiger partial charge in [0.15, 0.2) is 0 Å². The van der Waals surface area contributed by atoms with Crippen LogP contribution in [0, 0.1) is 5.92 Å². The van der Waals surface area contributed by atoms with Gasteiger partial charge in [0, 0.05) is 18.6 Å². The normalized spacial score (nSPS) is 34.5. The number of hydrogen-bond donors (Lipinski definition) is 2. The Morgan fingerprint density at radius 1 is 1.23 bits per heavy atom. The lowest BCUT2D eigenvalue weighted by molar-refractivity contribution is -0.140. The highest BCUT2D eigenvalue weighted by atomic mass is 16.5. The Kier molecular flexibility index (Phi) is 4.68. The molecule has 6 heteroatoms. The highest BCUT2D eigenvalue weighted by Gasteiger charge is 2.39. The minimum Gasteiger partial charge on any atom is -0.480 e. The van der Waals surface area contributed by atoms with Crippen LogP contribution in [0.2, 0.25) is 0 Å². The molecule has 6 nitrogen and oxygen atoms in total. The van der Waals surface area contributed by atoms with Crippen molar-refractivity contribution in [3.63, 3.8) is 0 Å². The molecule has 0 spiro atoms. The van der Waals surface area contributed by atoms with Gasteiger partial charge in [0.25, 0.3) is 0 Å². The van der Waals surface area contributed by atoms with Crippen molar-refractivity contribution in [1.82, 2.24) is 10.2 Å². The van der Waals surface area contributed by atoms with Crippen molar-refractivity contribution in [3.05, 3.63) is 0 Å². The van der Waals surface area contributed by atoms with Gasteiger partial charge in [-0.25, -0.2) is 0 Å². The van der Waals surface area contributed by atoms with Crippen molar-refractivity contribution in [1.29, 1.82) is 0 Å². The van der Waals surface area contributed by atoms with Crippen LogP contribution >= 0.6 is 0 Å². The van der Waals surface area contributed by atoms with Gasteiger partial charge in [0.05, 0.1) is 12.6 Å². The second kappa shape index (κ2) is 6.54. The monoisotopic (exact) mass is 310 g/mol. The van der Waals surface area contributed by atoms with Crippen molar-refractivity contribution < 1.29 is 19.4 Å². The van der Waals surface area contributed by atoms with E-state index in [1.54, 1.807) is 0 Å². The van der Waals surface area contributed by atoms with E-state index in [4.69, 9.17) is 9.84 Å². The second-order valence-corrected chi connectivity index (χ2v) is 7.11. The molecule has 0 aromatic rings. The molecule has 0 aromatic heterocycles. The van der Waals surface area contributed by atoms with Gasteiger partial charge in [-0.2, -0.15) is 0 Å². The summed E-state index contributed by atoms with van der Waals surface area (Å²) in [5, 5.41) is 12.1. The number of hydrogen-bond acceptors (Lipinski definition) is 4. The van der Waals surface area contributed by atoms with Gasteiger partial charge in [-0.1, -0.05) is 0 Å². The predicted molar refractivity (Wildman–Crippen MR) is 80.5 cm³/mol. The summed E-state index contributed by atoms with van der Waals surface area (Å²) in [5.74, 6) is -0.0809. The van der Waals surface area contributed by atoms with Crippen molar-refractivity contribution in [2.75, 3.05) is 13.1 Å². The number of rotatable bonds is 7. The molecule has 0 radical (unpaired) electrons.